The maximum absolute atomic E-state index is 5.75. The molecule has 4 rings (SSSR count). The van der Waals surface area contributed by atoms with Crippen molar-refractivity contribution in [3.63, 3.8) is 0 Å². The number of aromatic nitrogens is 8. The number of nitrogens with zero attached hydrogens (tertiary/aromatic N) is 8. The second kappa shape index (κ2) is 11.2. The number of hydrogen-bond donors (Lipinski definition) is 1. The molecule has 0 saturated carbocycles. The molecule has 14 heteroatoms. The zero-order valence-corrected chi connectivity index (χ0v) is 21.6. The Morgan fingerprint density at radius 3 is 2.25 bits per heavy atom. The number of rotatable bonds is 11. The van der Waals surface area contributed by atoms with Crippen LogP contribution in [0.15, 0.2) is 36.9 Å². The average Bonchev–Trinajstić information content (AvgIpc) is 3.53. The van der Waals surface area contributed by atoms with Gasteiger partial charge in [0, 0.05) is 20.4 Å². The minimum Gasteiger partial charge on any atom is -0.495 e. The summed E-state index contributed by atoms with van der Waals surface area (Å²) in [6.07, 6.45) is 4.54. The first-order chi connectivity index (χ1) is 17.5. The van der Waals surface area contributed by atoms with Crippen molar-refractivity contribution in [2.75, 3.05) is 33.2 Å². The Balaban J connectivity index is 1.69. The third-order valence-corrected chi connectivity index (χ3v) is 6.19. The largest absolute Gasteiger partial charge is 0.495 e. The van der Waals surface area contributed by atoms with E-state index in [1.165, 1.54) is 32.5 Å². The highest BCUT2D eigenvalue weighted by molar-refractivity contribution is 8.01. The van der Waals surface area contributed by atoms with E-state index in [1.54, 1.807) is 29.7 Å². The molecule has 190 valence electrons. The van der Waals surface area contributed by atoms with E-state index in [0.29, 0.717) is 28.9 Å². The van der Waals surface area contributed by atoms with Gasteiger partial charge in [0.2, 0.25) is 17.7 Å². The highest BCUT2D eigenvalue weighted by Gasteiger charge is 2.27. The van der Waals surface area contributed by atoms with Crippen molar-refractivity contribution in [2.45, 2.75) is 18.3 Å². The zero-order chi connectivity index (χ0) is 25.7. The molecule has 0 spiro atoms. The molecular formula is C22H27N9O4S. The molecule has 1 N–H and O–H groups in total. The molecule has 0 saturated heterocycles. The van der Waals surface area contributed by atoms with Crippen LogP contribution in [-0.4, -0.2) is 73.2 Å². The summed E-state index contributed by atoms with van der Waals surface area (Å²) >= 11 is 1.40. The molecular weight excluding hydrogens is 486 g/mol. The third-order valence-electron chi connectivity index (χ3n) is 5.27. The maximum Gasteiger partial charge on any atom is 0.245 e. The molecule has 13 nitrogen and oxygen atoms in total. The Labute approximate surface area is 212 Å². The lowest BCUT2D eigenvalue weighted by Gasteiger charge is -2.22. The van der Waals surface area contributed by atoms with Gasteiger partial charge in [0.05, 0.1) is 38.5 Å². The van der Waals surface area contributed by atoms with Gasteiger partial charge in [0.15, 0.2) is 11.5 Å². The van der Waals surface area contributed by atoms with Crippen LogP contribution in [0.5, 0.6) is 17.5 Å². The minimum absolute atomic E-state index is 0.0739. The fraction of sp³-hybridized carbons (Fsp3) is 0.364. The highest BCUT2D eigenvalue weighted by Crippen LogP contribution is 2.36. The topological polar surface area (TPSA) is 136 Å². The van der Waals surface area contributed by atoms with Crippen LogP contribution >= 0.6 is 11.9 Å². The van der Waals surface area contributed by atoms with Gasteiger partial charge in [-0.05, 0) is 37.1 Å². The SMILES string of the molecule is COc1ccc(C(OC)C(C)SNc2nnc(-c3ccn(C)n3)n2-c2c(OC)ncnc2OC)nc1. The Morgan fingerprint density at radius 1 is 0.944 bits per heavy atom. The molecule has 0 radical (unpaired) electrons. The fourth-order valence-corrected chi connectivity index (χ4v) is 4.34. The van der Waals surface area contributed by atoms with E-state index in [-0.39, 0.29) is 23.1 Å². The summed E-state index contributed by atoms with van der Waals surface area (Å²) in [6.45, 7) is 2.02. The first-order valence-electron chi connectivity index (χ1n) is 10.8. The maximum atomic E-state index is 5.75. The van der Waals surface area contributed by atoms with Gasteiger partial charge in [-0.2, -0.15) is 15.1 Å². The van der Waals surface area contributed by atoms with Crippen LogP contribution in [0.4, 0.5) is 5.95 Å². The minimum atomic E-state index is -0.302. The Hall–Kier alpha value is -3.91. The van der Waals surface area contributed by atoms with Crippen LogP contribution in [0, 0.1) is 0 Å². The molecule has 0 aliphatic heterocycles. The van der Waals surface area contributed by atoms with Crippen molar-refractivity contribution in [2.24, 2.45) is 7.05 Å². The fourth-order valence-electron chi connectivity index (χ4n) is 3.54. The number of nitrogens with one attached hydrogen (secondary N) is 1. The number of ether oxygens (including phenoxy) is 4. The Morgan fingerprint density at radius 2 is 1.69 bits per heavy atom. The Bertz CT molecular complexity index is 1270. The van der Waals surface area contributed by atoms with Crippen molar-refractivity contribution in [3.8, 4) is 34.7 Å². The summed E-state index contributed by atoms with van der Waals surface area (Å²) in [7, 11) is 8.11. The molecule has 0 bridgehead atoms. The van der Waals surface area contributed by atoms with Crippen molar-refractivity contribution in [3.05, 3.63) is 42.6 Å². The third kappa shape index (κ3) is 5.04. The standard InChI is InChI=1S/C22H27N9O4S/c1-13(18(33-4)15-8-7-14(32-3)11-23-15)36-29-22-27-26-19(16-9-10-30(2)28-16)31(22)17-20(34-5)24-12-25-21(17)35-6/h7-13,18H,1-6H3,(H,27,29). The molecule has 0 amide bonds. The monoisotopic (exact) mass is 513 g/mol. The molecule has 0 fully saturated rings. The molecule has 2 atom stereocenters. The van der Waals surface area contributed by atoms with Gasteiger partial charge in [-0.1, -0.05) is 0 Å². The van der Waals surface area contributed by atoms with E-state index < -0.39 is 0 Å². The molecule has 4 heterocycles. The van der Waals surface area contributed by atoms with Crippen LogP contribution in [0.25, 0.3) is 17.2 Å². The molecule has 0 aliphatic carbocycles. The van der Waals surface area contributed by atoms with Gasteiger partial charge in [0.25, 0.3) is 0 Å². The van der Waals surface area contributed by atoms with E-state index >= 15 is 0 Å². The van der Waals surface area contributed by atoms with Crippen LogP contribution in [0.3, 0.4) is 0 Å². The van der Waals surface area contributed by atoms with Crippen LogP contribution in [-0.2, 0) is 11.8 Å². The first kappa shape index (κ1) is 25.2. The van der Waals surface area contributed by atoms with Crippen molar-refractivity contribution in [1.29, 1.82) is 0 Å². The predicted molar refractivity (Wildman–Crippen MR) is 133 cm³/mol. The predicted octanol–water partition coefficient (Wildman–Crippen LogP) is 2.71. The number of hydrogen-bond acceptors (Lipinski definition) is 12. The molecule has 4 aromatic rings. The number of pyridine rings is 1. The summed E-state index contributed by atoms with van der Waals surface area (Å²) in [5, 5.41) is 13.2. The first-order valence-corrected chi connectivity index (χ1v) is 11.7. The average molecular weight is 514 g/mol. The second-order valence-corrected chi connectivity index (χ2v) is 8.69. The van der Waals surface area contributed by atoms with E-state index in [1.807, 2.05) is 38.4 Å². The molecule has 36 heavy (non-hydrogen) atoms. The lowest BCUT2D eigenvalue weighted by atomic mass is 10.2. The molecule has 0 aliphatic rings. The van der Waals surface area contributed by atoms with Gasteiger partial charge in [-0.25, -0.2) is 4.57 Å². The smallest absolute Gasteiger partial charge is 0.245 e. The van der Waals surface area contributed by atoms with Gasteiger partial charge >= 0.3 is 0 Å². The summed E-state index contributed by atoms with van der Waals surface area (Å²) in [5.41, 5.74) is 1.81. The summed E-state index contributed by atoms with van der Waals surface area (Å²) < 4.78 is 28.7. The quantitative estimate of drug-likeness (QED) is 0.295. The van der Waals surface area contributed by atoms with Crippen molar-refractivity contribution < 1.29 is 18.9 Å². The highest BCUT2D eigenvalue weighted by atomic mass is 32.2. The van der Waals surface area contributed by atoms with Gasteiger partial charge in [0.1, 0.15) is 23.9 Å². The van der Waals surface area contributed by atoms with Crippen molar-refractivity contribution in [1.82, 2.24) is 39.5 Å². The molecule has 2 unspecified atom stereocenters. The van der Waals surface area contributed by atoms with E-state index in [4.69, 9.17) is 18.9 Å². The van der Waals surface area contributed by atoms with Crippen LogP contribution in [0.2, 0.25) is 0 Å². The van der Waals surface area contributed by atoms with Gasteiger partial charge < -0.3 is 18.9 Å². The van der Waals surface area contributed by atoms with E-state index in [2.05, 4.69) is 35.0 Å². The second-order valence-electron chi connectivity index (χ2n) is 7.50. The van der Waals surface area contributed by atoms with Crippen LogP contribution in [0.1, 0.15) is 18.7 Å². The number of methoxy groups -OCH3 is 4. The van der Waals surface area contributed by atoms with E-state index in [9.17, 15) is 0 Å². The van der Waals surface area contributed by atoms with Crippen LogP contribution < -0.4 is 18.9 Å². The normalized spacial score (nSPS) is 12.7. The molecule has 4 aromatic heterocycles. The summed E-state index contributed by atoms with van der Waals surface area (Å²) in [6, 6.07) is 5.56. The van der Waals surface area contributed by atoms with E-state index in [0.717, 1.165) is 5.69 Å². The van der Waals surface area contributed by atoms with Gasteiger partial charge in [-0.15, -0.1) is 10.2 Å². The zero-order valence-electron chi connectivity index (χ0n) is 20.7. The lowest BCUT2D eigenvalue weighted by molar-refractivity contribution is 0.101. The number of aryl methyl sites for hydroxylation is 1. The lowest BCUT2D eigenvalue weighted by Crippen LogP contribution is -2.18. The number of anilines is 1. The Kier molecular flexibility index (Phi) is 7.85. The van der Waals surface area contributed by atoms with Gasteiger partial charge in [-0.3, -0.25) is 14.4 Å². The summed E-state index contributed by atoms with van der Waals surface area (Å²) in [4.78, 5) is 13.0. The van der Waals surface area contributed by atoms with Crippen molar-refractivity contribution >= 4 is 17.9 Å². The molecule has 0 aromatic carbocycles. The summed E-state index contributed by atoms with van der Waals surface area (Å²) in [5.74, 6) is 2.11.